The van der Waals surface area contributed by atoms with Gasteiger partial charge in [0.25, 0.3) is 0 Å². The molecule has 0 radical (unpaired) electrons. The number of hydrogen-bond donors (Lipinski definition) is 1. The quantitative estimate of drug-likeness (QED) is 0.613. The minimum absolute atomic E-state index is 0.166. The summed E-state index contributed by atoms with van der Waals surface area (Å²) in [5.74, 6) is 0.166. The highest BCUT2D eigenvalue weighted by Gasteiger charge is 2.00. The minimum atomic E-state index is 0.166. The van der Waals surface area contributed by atoms with Gasteiger partial charge in [-0.05, 0) is 31.0 Å². The lowest BCUT2D eigenvalue weighted by atomic mass is 10.1. The third-order valence-corrected chi connectivity index (χ3v) is 1.87. The molecule has 1 rings (SSSR count). The Hall–Kier alpha value is -0.690. The van der Waals surface area contributed by atoms with Gasteiger partial charge < -0.3 is 5.11 Å². The second-order valence-corrected chi connectivity index (χ2v) is 2.79. The standard InChI is InChI=1S/C8H9ClO/c1-5-3-6(2)8(9)7(10)4-5/h3-4,10H,1-2H3. The molecule has 1 nitrogen and oxygen atoms in total. The van der Waals surface area contributed by atoms with Crippen molar-refractivity contribution in [2.24, 2.45) is 0 Å². The zero-order chi connectivity index (χ0) is 7.72. The van der Waals surface area contributed by atoms with Gasteiger partial charge in [-0.25, -0.2) is 0 Å². The Kier molecular flexibility index (Phi) is 1.86. The van der Waals surface area contributed by atoms with Crippen LogP contribution in [-0.4, -0.2) is 5.11 Å². The van der Waals surface area contributed by atoms with Crippen LogP contribution in [0.5, 0.6) is 5.75 Å². The first kappa shape index (κ1) is 7.42. The molecule has 0 bridgehead atoms. The number of aryl methyl sites for hydroxylation is 2. The van der Waals surface area contributed by atoms with Gasteiger partial charge in [-0.2, -0.15) is 0 Å². The van der Waals surface area contributed by atoms with E-state index in [0.29, 0.717) is 5.02 Å². The van der Waals surface area contributed by atoms with Crippen LogP contribution in [0.1, 0.15) is 11.1 Å². The topological polar surface area (TPSA) is 20.2 Å². The van der Waals surface area contributed by atoms with Crippen molar-refractivity contribution in [1.29, 1.82) is 0 Å². The molecule has 0 unspecified atom stereocenters. The summed E-state index contributed by atoms with van der Waals surface area (Å²) >= 11 is 5.70. The maximum Gasteiger partial charge on any atom is 0.134 e. The fourth-order valence-corrected chi connectivity index (χ4v) is 1.04. The van der Waals surface area contributed by atoms with Crippen LogP contribution in [0.25, 0.3) is 0 Å². The number of phenols is 1. The predicted octanol–water partition coefficient (Wildman–Crippen LogP) is 2.66. The van der Waals surface area contributed by atoms with Gasteiger partial charge in [-0.15, -0.1) is 0 Å². The molecule has 1 aromatic rings. The van der Waals surface area contributed by atoms with E-state index in [4.69, 9.17) is 16.7 Å². The van der Waals surface area contributed by atoms with Gasteiger partial charge >= 0.3 is 0 Å². The molecule has 0 aliphatic heterocycles. The van der Waals surface area contributed by atoms with Crippen LogP contribution in [0.2, 0.25) is 5.02 Å². The zero-order valence-electron chi connectivity index (χ0n) is 5.98. The van der Waals surface area contributed by atoms with Crippen LogP contribution in [0.4, 0.5) is 0 Å². The molecule has 0 spiro atoms. The predicted molar refractivity (Wildman–Crippen MR) is 42.6 cm³/mol. The third kappa shape index (κ3) is 1.24. The Morgan fingerprint density at radius 3 is 2.40 bits per heavy atom. The largest absolute Gasteiger partial charge is 0.506 e. The van der Waals surface area contributed by atoms with Crippen molar-refractivity contribution >= 4 is 11.6 Å². The Labute approximate surface area is 65.3 Å². The lowest BCUT2D eigenvalue weighted by Crippen LogP contribution is -1.78. The Morgan fingerprint density at radius 2 is 1.90 bits per heavy atom. The summed E-state index contributed by atoms with van der Waals surface area (Å²) in [6.07, 6.45) is 0. The zero-order valence-corrected chi connectivity index (χ0v) is 6.74. The summed E-state index contributed by atoms with van der Waals surface area (Å²) in [7, 11) is 0. The molecule has 0 aliphatic carbocycles. The van der Waals surface area contributed by atoms with E-state index in [1.807, 2.05) is 19.9 Å². The van der Waals surface area contributed by atoms with E-state index in [9.17, 15) is 0 Å². The third-order valence-electron chi connectivity index (χ3n) is 1.38. The van der Waals surface area contributed by atoms with Gasteiger partial charge in [0, 0.05) is 0 Å². The van der Waals surface area contributed by atoms with Crippen LogP contribution < -0.4 is 0 Å². The first-order valence-electron chi connectivity index (χ1n) is 3.07. The summed E-state index contributed by atoms with van der Waals surface area (Å²) in [5.41, 5.74) is 1.94. The number of rotatable bonds is 0. The average Bonchev–Trinajstić information content (AvgIpc) is 1.82. The number of halogens is 1. The Bertz CT molecular complexity index is 232. The van der Waals surface area contributed by atoms with Crippen LogP contribution in [0, 0.1) is 13.8 Å². The van der Waals surface area contributed by atoms with E-state index in [1.165, 1.54) is 0 Å². The molecule has 0 aromatic heterocycles. The van der Waals surface area contributed by atoms with Crippen molar-refractivity contribution in [3.8, 4) is 5.75 Å². The Balaban J connectivity index is 3.31. The van der Waals surface area contributed by atoms with Crippen molar-refractivity contribution in [2.45, 2.75) is 13.8 Å². The highest BCUT2D eigenvalue weighted by molar-refractivity contribution is 6.32. The molecule has 0 saturated carbocycles. The van der Waals surface area contributed by atoms with E-state index in [0.717, 1.165) is 11.1 Å². The first-order chi connectivity index (χ1) is 4.61. The van der Waals surface area contributed by atoms with E-state index >= 15 is 0 Å². The highest BCUT2D eigenvalue weighted by atomic mass is 35.5. The van der Waals surface area contributed by atoms with Gasteiger partial charge in [-0.3, -0.25) is 0 Å². The van der Waals surface area contributed by atoms with Gasteiger partial charge in [0.2, 0.25) is 0 Å². The molecule has 0 atom stereocenters. The minimum Gasteiger partial charge on any atom is -0.506 e. The smallest absolute Gasteiger partial charge is 0.134 e. The van der Waals surface area contributed by atoms with Gasteiger partial charge in [-0.1, -0.05) is 17.7 Å². The molecular weight excluding hydrogens is 148 g/mol. The van der Waals surface area contributed by atoms with E-state index in [-0.39, 0.29) is 5.75 Å². The maximum atomic E-state index is 9.15. The summed E-state index contributed by atoms with van der Waals surface area (Å²) in [5, 5.41) is 9.60. The average molecular weight is 157 g/mol. The molecule has 54 valence electrons. The first-order valence-corrected chi connectivity index (χ1v) is 3.45. The molecule has 10 heavy (non-hydrogen) atoms. The number of benzene rings is 1. The second kappa shape index (κ2) is 2.51. The summed E-state index contributed by atoms with van der Waals surface area (Å²) in [6.45, 7) is 3.79. The molecule has 0 heterocycles. The molecule has 2 heteroatoms. The van der Waals surface area contributed by atoms with Crippen molar-refractivity contribution < 1.29 is 5.11 Å². The lowest BCUT2D eigenvalue weighted by Gasteiger charge is -2.01. The second-order valence-electron chi connectivity index (χ2n) is 2.41. The van der Waals surface area contributed by atoms with Crippen LogP contribution in [0.3, 0.4) is 0 Å². The molecule has 1 N–H and O–H groups in total. The fourth-order valence-electron chi connectivity index (χ4n) is 0.928. The fraction of sp³-hybridized carbons (Fsp3) is 0.250. The number of hydrogen-bond acceptors (Lipinski definition) is 1. The lowest BCUT2D eigenvalue weighted by molar-refractivity contribution is 0.474. The van der Waals surface area contributed by atoms with Gasteiger partial charge in [0.1, 0.15) is 5.75 Å². The van der Waals surface area contributed by atoms with Crippen LogP contribution in [-0.2, 0) is 0 Å². The molecule has 0 fully saturated rings. The molecule has 0 saturated heterocycles. The SMILES string of the molecule is Cc1cc(C)c(Cl)c(O)c1. The molecule has 0 amide bonds. The summed E-state index contributed by atoms with van der Waals surface area (Å²) < 4.78 is 0. The van der Waals surface area contributed by atoms with Crippen molar-refractivity contribution in [3.05, 3.63) is 28.3 Å². The molecule has 0 aliphatic rings. The number of aromatic hydroxyl groups is 1. The van der Waals surface area contributed by atoms with Crippen LogP contribution >= 0.6 is 11.6 Å². The number of phenolic OH excluding ortho intramolecular Hbond substituents is 1. The van der Waals surface area contributed by atoms with E-state index in [2.05, 4.69) is 0 Å². The van der Waals surface area contributed by atoms with Gasteiger partial charge in [0.15, 0.2) is 0 Å². The molecular formula is C8H9ClO. The van der Waals surface area contributed by atoms with Crippen LogP contribution in [0.15, 0.2) is 12.1 Å². The van der Waals surface area contributed by atoms with Crippen molar-refractivity contribution in [1.82, 2.24) is 0 Å². The summed E-state index contributed by atoms with van der Waals surface area (Å²) in [6, 6.07) is 3.58. The van der Waals surface area contributed by atoms with Crippen molar-refractivity contribution in [2.75, 3.05) is 0 Å². The summed E-state index contributed by atoms with van der Waals surface area (Å²) in [4.78, 5) is 0. The van der Waals surface area contributed by atoms with Gasteiger partial charge in [0.05, 0.1) is 5.02 Å². The Morgan fingerprint density at radius 1 is 1.30 bits per heavy atom. The normalized spacial score (nSPS) is 9.90. The van der Waals surface area contributed by atoms with E-state index in [1.54, 1.807) is 6.07 Å². The maximum absolute atomic E-state index is 9.15. The van der Waals surface area contributed by atoms with Crippen molar-refractivity contribution in [3.63, 3.8) is 0 Å². The molecule has 1 aromatic carbocycles. The highest BCUT2D eigenvalue weighted by Crippen LogP contribution is 2.27. The monoisotopic (exact) mass is 156 g/mol. The van der Waals surface area contributed by atoms with E-state index < -0.39 is 0 Å².